The topological polar surface area (TPSA) is 54.9 Å². The van der Waals surface area contributed by atoms with Gasteiger partial charge in [-0.05, 0) is 43.9 Å². The van der Waals surface area contributed by atoms with Gasteiger partial charge in [0.2, 0.25) is 0 Å². The number of benzene rings is 1. The average Bonchev–Trinajstić information content (AvgIpc) is 3.12. The van der Waals surface area contributed by atoms with E-state index in [-0.39, 0.29) is 5.75 Å². The number of methoxy groups -OCH3 is 1. The monoisotopic (exact) mass is 353 g/mol. The summed E-state index contributed by atoms with van der Waals surface area (Å²) in [5.74, 6) is 1.31. The third-order valence-corrected chi connectivity index (χ3v) is 4.03. The fraction of sp³-hybridized carbons (Fsp3) is 0.500. The quantitative estimate of drug-likeness (QED) is 0.427. The molecule has 0 aromatic heterocycles. The molecule has 0 unspecified atom stereocenters. The molecule has 1 aromatic rings. The van der Waals surface area contributed by atoms with Crippen LogP contribution < -0.4 is 20.1 Å². The van der Waals surface area contributed by atoms with Gasteiger partial charge in [-0.2, -0.15) is 8.78 Å². The highest BCUT2D eigenvalue weighted by Crippen LogP contribution is 2.25. The Hall–Kier alpha value is -2.31. The normalized spacial score (nSPS) is 14.4. The van der Waals surface area contributed by atoms with Crippen molar-refractivity contribution in [2.75, 3.05) is 20.7 Å². The van der Waals surface area contributed by atoms with Gasteiger partial charge in [-0.15, -0.1) is 0 Å². The molecule has 0 amide bonds. The summed E-state index contributed by atoms with van der Waals surface area (Å²) < 4.78 is 34.8. The molecule has 7 heteroatoms. The second-order valence-corrected chi connectivity index (χ2v) is 5.71. The zero-order chi connectivity index (χ0) is 18.1. The Labute approximate surface area is 147 Å². The van der Waals surface area contributed by atoms with E-state index in [4.69, 9.17) is 4.74 Å². The average molecular weight is 353 g/mol. The van der Waals surface area contributed by atoms with Crippen LogP contribution in [0.2, 0.25) is 0 Å². The number of rotatable bonds is 8. The second-order valence-electron chi connectivity index (χ2n) is 5.71. The van der Waals surface area contributed by atoms with Gasteiger partial charge in [0.25, 0.3) is 0 Å². The van der Waals surface area contributed by atoms with Crippen molar-refractivity contribution >= 4 is 5.96 Å². The van der Waals surface area contributed by atoms with E-state index in [2.05, 4.69) is 26.4 Å². The first kappa shape index (κ1) is 19.0. The van der Waals surface area contributed by atoms with E-state index in [0.717, 1.165) is 13.0 Å². The van der Waals surface area contributed by atoms with Gasteiger partial charge in [0.1, 0.15) is 11.5 Å². The fourth-order valence-electron chi connectivity index (χ4n) is 2.74. The number of guanidine groups is 1. The summed E-state index contributed by atoms with van der Waals surface area (Å²) in [5, 5.41) is 6.35. The highest BCUT2D eigenvalue weighted by Gasteiger charge is 2.12. The van der Waals surface area contributed by atoms with Crippen molar-refractivity contribution in [2.24, 2.45) is 4.99 Å². The smallest absolute Gasteiger partial charge is 0.387 e. The lowest BCUT2D eigenvalue weighted by Gasteiger charge is -2.15. The number of hydrogen-bond acceptors (Lipinski definition) is 3. The molecule has 0 aliphatic heterocycles. The predicted octanol–water partition coefficient (Wildman–Crippen LogP) is 3.46. The molecule has 2 rings (SSSR count). The molecule has 25 heavy (non-hydrogen) atoms. The van der Waals surface area contributed by atoms with E-state index in [0.29, 0.717) is 23.8 Å². The number of halogens is 2. The molecular formula is C18H25F2N3O2. The molecule has 1 aliphatic carbocycles. The third kappa shape index (κ3) is 6.25. The fourth-order valence-corrected chi connectivity index (χ4v) is 2.74. The van der Waals surface area contributed by atoms with Gasteiger partial charge in [-0.25, -0.2) is 0 Å². The van der Waals surface area contributed by atoms with Crippen LogP contribution in [-0.2, 0) is 6.54 Å². The minimum absolute atomic E-state index is 0.120. The van der Waals surface area contributed by atoms with Crippen molar-refractivity contribution in [3.8, 4) is 11.5 Å². The van der Waals surface area contributed by atoms with E-state index in [1.807, 2.05) is 0 Å². The minimum Gasteiger partial charge on any atom is -0.497 e. The Bertz CT molecular complexity index is 618. The molecular weight excluding hydrogens is 328 g/mol. The van der Waals surface area contributed by atoms with E-state index < -0.39 is 6.61 Å². The number of hydrogen-bond donors (Lipinski definition) is 2. The Morgan fingerprint density at radius 2 is 2.16 bits per heavy atom. The van der Waals surface area contributed by atoms with Crippen LogP contribution in [0.5, 0.6) is 11.5 Å². The third-order valence-electron chi connectivity index (χ3n) is 4.03. The van der Waals surface area contributed by atoms with Crippen LogP contribution in [0.25, 0.3) is 0 Å². The van der Waals surface area contributed by atoms with Gasteiger partial charge in [0, 0.05) is 25.7 Å². The number of nitrogens with zero attached hydrogens (tertiary/aromatic N) is 1. The van der Waals surface area contributed by atoms with E-state index >= 15 is 0 Å². The first-order valence-corrected chi connectivity index (χ1v) is 8.36. The Morgan fingerprint density at radius 3 is 2.80 bits per heavy atom. The SMILES string of the molecule is CN=C(NCCC1=CCCC1)NCc1cc(OC)ccc1OC(F)F. The molecule has 5 nitrogen and oxygen atoms in total. The van der Waals surface area contributed by atoms with Crippen LogP contribution in [-0.4, -0.2) is 33.3 Å². The molecule has 138 valence electrons. The first-order valence-electron chi connectivity index (χ1n) is 8.36. The molecule has 0 fully saturated rings. The van der Waals surface area contributed by atoms with Gasteiger partial charge in [0.05, 0.1) is 7.11 Å². The molecule has 0 heterocycles. The number of nitrogens with one attached hydrogen (secondary N) is 2. The zero-order valence-electron chi connectivity index (χ0n) is 14.6. The van der Waals surface area contributed by atoms with E-state index in [9.17, 15) is 8.78 Å². The maximum absolute atomic E-state index is 12.5. The molecule has 2 N–H and O–H groups in total. The van der Waals surface area contributed by atoms with Crippen LogP contribution >= 0.6 is 0 Å². The standard InChI is InChI=1S/C18H25F2N3O2/c1-21-18(22-10-9-13-5-3-4-6-13)23-12-14-11-15(24-2)7-8-16(14)25-17(19)20/h5,7-8,11,17H,3-4,6,9-10,12H2,1-2H3,(H2,21,22,23). The van der Waals surface area contributed by atoms with Gasteiger partial charge < -0.3 is 20.1 Å². The van der Waals surface area contributed by atoms with E-state index in [1.54, 1.807) is 19.2 Å². The van der Waals surface area contributed by atoms with Crippen LogP contribution in [0, 0.1) is 0 Å². The molecule has 1 aliphatic rings. The summed E-state index contributed by atoms with van der Waals surface area (Å²) in [6, 6.07) is 4.73. The number of allylic oxidation sites excluding steroid dienone is 1. The molecule has 1 aromatic carbocycles. The van der Waals surface area contributed by atoms with Gasteiger partial charge in [0.15, 0.2) is 5.96 Å². The molecule has 0 saturated carbocycles. The van der Waals surface area contributed by atoms with Crippen LogP contribution in [0.15, 0.2) is 34.8 Å². The number of ether oxygens (including phenoxy) is 2. The highest BCUT2D eigenvalue weighted by atomic mass is 19.3. The molecule has 0 saturated heterocycles. The summed E-state index contributed by atoms with van der Waals surface area (Å²) >= 11 is 0. The van der Waals surface area contributed by atoms with Crippen LogP contribution in [0.4, 0.5) is 8.78 Å². The first-order chi connectivity index (χ1) is 12.1. The molecule has 0 bridgehead atoms. The molecule has 0 atom stereocenters. The highest BCUT2D eigenvalue weighted by molar-refractivity contribution is 5.79. The predicted molar refractivity (Wildman–Crippen MR) is 94.4 cm³/mol. The van der Waals surface area contributed by atoms with Gasteiger partial charge >= 0.3 is 6.61 Å². The summed E-state index contributed by atoms with van der Waals surface area (Å²) in [4.78, 5) is 4.16. The maximum atomic E-state index is 12.5. The van der Waals surface area contributed by atoms with Gasteiger partial charge in [-0.3, -0.25) is 4.99 Å². The number of alkyl halides is 2. The summed E-state index contributed by atoms with van der Waals surface area (Å²) in [6.07, 6.45) is 6.86. The largest absolute Gasteiger partial charge is 0.497 e. The van der Waals surface area contributed by atoms with Crippen molar-refractivity contribution < 1.29 is 18.3 Å². The van der Waals surface area contributed by atoms with E-state index in [1.165, 1.54) is 38.0 Å². The summed E-state index contributed by atoms with van der Waals surface area (Å²) in [6.45, 7) is -1.80. The van der Waals surface area contributed by atoms with Crippen LogP contribution in [0.3, 0.4) is 0 Å². The zero-order valence-corrected chi connectivity index (χ0v) is 14.6. The van der Waals surface area contributed by atoms with Gasteiger partial charge in [-0.1, -0.05) is 11.6 Å². The Balaban J connectivity index is 1.90. The lowest BCUT2D eigenvalue weighted by atomic mass is 10.2. The Kier molecular flexibility index (Phi) is 7.50. The summed E-state index contributed by atoms with van der Waals surface area (Å²) in [5.41, 5.74) is 2.05. The van der Waals surface area contributed by atoms with Crippen molar-refractivity contribution in [3.05, 3.63) is 35.4 Å². The summed E-state index contributed by atoms with van der Waals surface area (Å²) in [7, 11) is 3.20. The van der Waals surface area contributed by atoms with Crippen LogP contribution in [0.1, 0.15) is 31.2 Å². The van der Waals surface area contributed by atoms with Crippen molar-refractivity contribution in [2.45, 2.75) is 38.8 Å². The molecule has 0 radical (unpaired) electrons. The van der Waals surface area contributed by atoms with Crippen molar-refractivity contribution in [3.63, 3.8) is 0 Å². The molecule has 0 spiro atoms. The lowest BCUT2D eigenvalue weighted by molar-refractivity contribution is -0.0504. The minimum atomic E-state index is -2.87. The Morgan fingerprint density at radius 1 is 1.32 bits per heavy atom. The second kappa shape index (κ2) is 9.86. The van der Waals surface area contributed by atoms with Crippen molar-refractivity contribution in [1.29, 1.82) is 0 Å². The maximum Gasteiger partial charge on any atom is 0.387 e. The van der Waals surface area contributed by atoms with Crippen molar-refractivity contribution in [1.82, 2.24) is 10.6 Å². The lowest BCUT2D eigenvalue weighted by Crippen LogP contribution is -2.37. The number of aliphatic imine (C=N–C) groups is 1.